The summed E-state index contributed by atoms with van der Waals surface area (Å²) in [7, 11) is 0. The zero-order valence-corrected chi connectivity index (χ0v) is 8.90. The smallest absolute Gasteiger partial charge is 0.371 e. The molecular formula is C12H10O4. The Kier molecular flexibility index (Phi) is 2.27. The van der Waals surface area contributed by atoms with Crippen molar-refractivity contribution in [1.82, 2.24) is 0 Å². The zero-order chi connectivity index (χ0) is 11.9. The van der Waals surface area contributed by atoms with Crippen molar-refractivity contribution in [1.29, 1.82) is 0 Å². The summed E-state index contributed by atoms with van der Waals surface area (Å²) < 4.78 is 4.69. The summed E-state index contributed by atoms with van der Waals surface area (Å²) in [5.41, 5.74) is 1.29. The van der Waals surface area contributed by atoms with E-state index in [2.05, 4.69) is 0 Å². The molecule has 4 nitrogen and oxygen atoms in total. The lowest BCUT2D eigenvalue weighted by molar-refractivity contribution is 0.0658. The average molecular weight is 218 g/mol. The molecule has 82 valence electrons. The van der Waals surface area contributed by atoms with Gasteiger partial charge in [0.25, 0.3) is 0 Å². The van der Waals surface area contributed by atoms with Crippen LogP contribution < -0.4 is 5.63 Å². The average Bonchev–Trinajstić information content (AvgIpc) is 2.23. The predicted molar refractivity (Wildman–Crippen MR) is 58.9 cm³/mol. The summed E-state index contributed by atoms with van der Waals surface area (Å²) in [4.78, 5) is 22.3. The largest absolute Gasteiger partial charge is 0.475 e. The Morgan fingerprint density at radius 2 is 1.94 bits per heavy atom. The number of carboxylic acid groups (broad SMARTS) is 1. The van der Waals surface area contributed by atoms with Gasteiger partial charge in [-0.2, -0.15) is 0 Å². The Morgan fingerprint density at radius 3 is 2.56 bits per heavy atom. The fraction of sp³-hybridized carbons (Fsp3) is 0.167. The highest BCUT2D eigenvalue weighted by Crippen LogP contribution is 2.20. The van der Waals surface area contributed by atoms with Gasteiger partial charge < -0.3 is 9.52 Å². The second kappa shape index (κ2) is 3.48. The maximum atomic E-state index is 11.5. The van der Waals surface area contributed by atoms with Crippen molar-refractivity contribution in [3.63, 3.8) is 0 Å². The minimum atomic E-state index is -1.24. The highest BCUT2D eigenvalue weighted by Gasteiger charge is 2.12. The van der Waals surface area contributed by atoms with Crippen molar-refractivity contribution in [3.05, 3.63) is 45.5 Å². The van der Waals surface area contributed by atoms with E-state index >= 15 is 0 Å². The number of fused-ring (bicyclic) bond motifs is 1. The van der Waals surface area contributed by atoms with Gasteiger partial charge in [0, 0.05) is 0 Å². The van der Waals surface area contributed by atoms with Gasteiger partial charge in [0.2, 0.25) is 5.76 Å². The number of hydrogen-bond acceptors (Lipinski definition) is 3. The van der Waals surface area contributed by atoms with Crippen molar-refractivity contribution in [2.75, 3.05) is 0 Å². The molecule has 1 N–H and O–H groups in total. The molecule has 16 heavy (non-hydrogen) atoms. The van der Waals surface area contributed by atoms with Gasteiger partial charge in [-0.25, -0.2) is 9.59 Å². The third-order valence-corrected chi connectivity index (χ3v) is 2.69. The van der Waals surface area contributed by atoms with Crippen LogP contribution in [0.15, 0.2) is 27.4 Å². The summed E-state index contributed by atoms with van der Waals surface area (Å²) in [6.45, 7) is 3.76. The molecule has 0 amide bonds. The first-order chi connectivity index (χ1) is 7.50. The molecule has 4 heteroatoms. The molecule has 2 aromatic rings. The monoisotopic (exact) mass is 218 g/mol. The molecule has 0 bridgehead atoms. The molecule has 0 radical (unpaired) electrons. The first kappa shape index (κ1) is 10.4. The molecule has 0 saturated heterocycles. The Morgan fingerprint density at radius 1 is 1.25 bits per heavy atom. The maximum Gasteiger partial charge on any atom is 0.371 e. The number of carboxylic acids is 1. The number of carbonyl (C=O) groups is 1. The first-order valence-electron chi connectivity index (χ1n) is 4.78. The number of aromatic carboxylic acids is 1. The van der Waals surface area contributed by atoms with Crippen molar-refractivity contribution >= 4 is 16.7 Å². The second-order valence-corrected chi connectivity index (χ2v) is 3.67. The van der Waals surface area contributed by atoms with Crippen molar-refractivity contribution < 1.29 is 14.3 Å². The van der Waals surface area contributed by atoms with Crippen LogP contribution in [0.4, 0.5) is 0 Å². The van der Waals surface area contributed by atoms with Gasteiger partial charge in [0.05, 0.1) is 5.39 Å². The number of rotatable bonds is 1. The summed E-state index contributed by atoms with van der Waals surface area (Å²) in [6, 6.07) is 4.85. The Bertz CT molecular complexity index is 637. The molecule has 2 rings (SSSR count). The first-order valence-corrected chi connectivity index (χ1v) is 4.78. The molecule has 1 heterocycles. The lowest BCUT2D eigenvalue weighted by Crippen LogP contribution is -2.07. The van der Waals surface area contributed by atoms with E-state index in [4.69, 9.17) is 9.52 Å². The lowest BCUT2D eigenvalue weighted by Gasteiger charge is -2.04. The zero-order valence-electron chi connectivity index (χ0n) is 8.90. The molecular weight excluding hydrogens is 208 g/mol. The molecule has 0 aliphatic carbocycles. The third-order valence-electron chi connectivity index (χ3n) is 2.69. The fourth-order valence-corrected chi connectivity index (χ4v) is 1.62. The van der Waals surface area contributed by atoms with E-state index in [1.165, 1.54) is 6.07 Å². The van der Waals surface area contributed by atoms with E-state index in [0.717, 1.165) is 11.1 Å². The van der Waals surface area contributed by atoms with E-state index in [0.29, 0.717) is 10.8 Å². The normalized spacial score (nSPS) is 10.6. The van der Waals surface area contributed by atoms with Crippen LogP contribution in [-0.2, 0) is 0 Å². The van der Waals surface area contributed by atoms with Crippen LogP contribution in [0, 0.1) is 13.8 Å². The van der Waals surface area contributed by atoms with Crippen LogP contribution in [0.25, 0.3) is 10.8 Å². The third kappa shape index (κ3) is 1.48. The Labute approximate surface area is 91.1 Å². The SMILES string of the molecule is Cc1ccc2c(=O)oc(C(=O)O)cc2c1C. The van der Waals surface area contributed by atoms with Crippen LogP contribution >= 0.6 is 0 Å². The molecule has 0 fully saturated rings. The van der Waals surface area contributed by atoms with E-state index in [1.54, 1.807) is 6.07 Å². The number of benzene rings is 1. The number of aryl methyl sites for hydroxylation is 2. The predicted octanol–water partition coefficient (Wildman–Crippen LogP) is 2.11. The highest BCUT2D eigenvalue weighted by atomic mass is 16.4. The molecule has 0 saturated carbocycles. The highest BCUT2D eigenvalue weighted by molar-refractivity contribution is 5.92. The van der Waals surface area contributed by atoms with Crippen LogP contribution in [0.3, 0.4) is 0 Å². The molecule has 0 aliphatic rings. The van der Waals surface area contributed by atoms with Gasteiger partial charge in [-0.3, -0.25) is 0 Å². The Hall–Kier alpha value is -2.10. The van der Waals surface area contributed by atoms with E-state index < -0.39 is 11.6 Å². The van der Waals surface area contributed by atoms with E-state index in [9.17, 15) is 9.59 Å². The van der Waals surface area contributed by atoms with Gasteiger partial charge >= 0.3 is 11.6 Å². The van der Waals surface area contributed by atoms with Crippen LogP contribution in [0.1, 0.15) is 21.7 Å². The topological polar surface area (TPSA) is 67.5 Å². The van der Waals surface area contributed by atoms with Crippen LogP contribution in [0.5, 0.6) is 0 Å². The Balaban J connectivity index is 2.94. The van der Waals surface area contributed by atoms with Crippen molar-refractivity contribution in [2.24, 2.45) is 0 Å². The molecule has 0 aliphatic heterocycles. The minimum Gasteiger partial charge on any atom is -0.475 e. The second-order valence-electron chi connectivity index (χ2n) is 3.67. The summed E-state index contributed by atoms with van der Waals surface area (Å²) in [5.74, 6) is -1.56. The van der Waals surface area contributed by atoms with Crippen LogP contribution in [0.2, 0.25) is 0 Å². The van der Waals surface area contributed by atoms with Gasteiger partial charge in [0.1, 0.15) is 0 Å². The van der Waals surface area contributed by atoms with E-state index in [1.807, 2.05) is 19.9 Å². The van der Waals surface area contributed by atoms with E-state index in [-0.39, 0.29) is 5.76 Å². The number of hydrogen-bond donors (Lipinski definition) is 1. The summed E-state index contributed by atoms with van der Waals surface area (Å²) >= 11 is 0. The molecule has 0 unspecified atom stereocenters. The summed E-state index contributed by atoms with van der Waals surface area (Å²) in [6.07, 6.45) is 0. The molecule has 1 aromatic heterocycles. The molecule has 0 atom stereocenters. The quantitative estimate of drug-likeness (QED) is 0.795. The molecule has 1 aromatic carbocycles. The standard InChI is InChI=1S/C12H10O4/c1-6-3-4-8-9(7(6)2)5-10(11(13)14)16-12(8)15/h3-5H,1-2H3,(H,13,14). The summed E-state index contributed by atoms with van der Waals surface area (Å²) in [5, 5.41) is 9.84. The van der Waals surface area contributed by atoms with Gasteiger partial charge in [-0.15, -0.1) is 0 Å². The van der Waals surface area contributed by atoms with Crippen molar-refractivity contribution in [2.45, 2.75) is 13.8 Å². The van der Waals surface area contributed by atoms with Crippen molar-refractivity contribution in [3.8, 4) is 0 Å². The minimum absolute atomic E-state index is 0.328. The van der Waals surface area contributed by atoms with Gasteiger partial charge in [0.15, 0.2) is 0 Å². The maximum absolute atomic E-state index is 11.5. The lowest BCUT2D eigenvalue weighted by atomic mass is 10.0. The molecule has 0 spiro atoms. The fourth-order valence-electron chi connectivity index (χ4n) is 1.62. The van der Waals surface area contributed by atoms with Gasteiger partial charge in [-0.1, -0.05) is 6.07 Å². The van der Waals surface area contributed by atoms with Gasteiger partial charge in [-0.05, 0) is 42.5 Å². The van der Waals surface area contributed by atoms with Crippen LogP contribution in [-0.4, -0.2) is 11.1 Å².